The molecular weight excluding hydrogens is 262 g/mol. The molecule has 0 aromatic heterocycles. The number of amides is 1. The first-order chi connectivity index (χ1) is 8.95. The van der Waals surface area contributed by atoms with Gasteiger partial charge >= 0.3 is 5.97 Å². The molecule has 0 aliphatic heterocycles. The summed E-state index contributed by atoms with van der Waals surface area (Å²) >= 11 is 1.86. The van der Waals surface area contributed by atoms with E-state index in [-0.39, 0.29) is 17.9 Å². The Kier molecular flexibility index (Phi) is 6.69. The summed E-state index contributed by atoms with van der Waals surface area (Å²) < 4.78 is 0. The third-order valence-corrected chi connectivity index (χ3v) is 4.67. The first kappa shape index (κ1) is 16.3. The van der Waals surface area contributed by atoms with E-state index in [2.05, 4.69) is 12.2 Å². The second-order valence-electron chi connectivity index (χ2n) is 5.52. The van der Waals surface area contributed by atoms with Crippen LogP contribution in [0, 0.1) is 17.8 Å². The molecule has 0 saturated heterocycles. The number of carbonyl (C=O) groups excluding carboxylic acids is 1. The number of carboxylic acid groups (broad SMARTS) is 1. The van der Waals surface area contributed by atoms with Gasteiger partial charge in [0.25, 0.3) is 0 Å². The largest absolute Gasteiger partial charge is 0.481 e. The second kappa shape index (κ2) is 7.78. The molecule has 4 nitrogen and oxygen atoms in total. The molecule has 4 atom stereocenters. The van der Waals surface area contributed by atoms with Gasteiger partial charge in [0.05, 0.1) is 11.8 Å². The number of rotatable bonds is 7. The first-order valence-electron chi connectivity index (χ1n) is 7.06. The van der Waals surface area contributed by atoms with Crippen molar-refractivity contribution in [3.63, 3.8) is 0 Å². The van der Waals surface area contributed by atoms with Crippen molar-refractivity contribution in [2.24, 2.45) is 17.8 Å². The van der Waals surface area contributed by atoms with E-state index in [1.165, 1.54) is 0 Å². The van der Waals surface area contributed by atoms with Gasteiger partial charge in [0.1, 0.15) is 0 Å². The summed E-state index contributed by atoms with van der Waals surface area (Å²) in [4.78, 5) is 23.3. The molecule has 1 amide bonds. The van der Waals surface area contributed by atoms with Crippen LogP contribution in [-0.2, 0) is 9.59 Å². The van der Waals surface area contributed by atoms with Crippen molar-refractivity contribution in [2.45, 2.75) is 46.1 Å². The topological polar surface area (TPSA) is 66.4 Å². The van der Waals surface area contributed by atoms with Crippen LogP contribution < -0.4 is 5.32 Å². The van der Waals surface area contributed by atoms with Gasteiger partial charge in [-0.25, -0.2) is 0 Å². The smallest absolute Gasteiger partial charge is 0.307 e. The number of thioether (sulfide) groups is 1. The van der Waals surface area contributed by atoms with E-state index in [1.807, 2.05) is 25.6 Å². The predicted octanol–water partition coefficient (Wildman–Crippen LogP) is 2.38. The number of nitrogens with one attached hydrogen (secondary N) is 1. The molecule has 1 saturated carbocycles. The molecule has 1 aliphatic carbocycles. The van der Waals surface area contributed by atoms with Crippen LogP contribution in [0.3, 0.4) is 0 Å². The number of hydrogen-bond donors (Lipinski definition) is 2. The molecule has 2 N–H and O–H groups in total. The number of hydrogen-bond acceptors (Lipinski definition) is 3. The summed E-state index contributed by atoms with van der Waals surface area (Å²) in [5, 5.41) is 12.1. The summed E-state index contributed by atoms with van der Waals surface area (Å²) in [6.07, 6.45) is 2.25. The minimum Gasteiger partial charge on any atom is -0.481 e. The summed E-state index contributed by atoms with van der Waals surface area (Å²) in [5.74, 6) is 0.664. The molecule has 0 aromatic carbocycles. The van der Waals surface area contributed by atoms with Crippen LogP contribution in [0.5, 0.6) is 0 Å². The van der Waals surface area contributed by atoms with E-state index in [4.69, 9.17) is 0 Å². The monoisotopic (exact) mass is 287 g/mol. The average Bonchev–Trinajstić information content (AvgIpc) is 2.72. The van der Waals surface area contributed by atoms with Crippen LogP contribution in [0.2, 0.25) is 0 Å². The van der Waals surface area contributed by atoms with E-state index in [9.17, 15) is 14.7 Å². The molecule has 5 heteroatoms. The number of carbonyl (C=O) groups is 2. The SMILES string of the molecule is CCSCCC(C)NC(=O)C1CC(C)CC1C(=O)O. The lowest BCUT2D eigenvalue weighted by molar-refractivity contribution is -0.146. The molecule has 1 fully saturated rings. The third-order valence-electron chi connectivity index (χ3n) is 3.74. The maximum absolute atomic E-state index is 12.2. The van der Waals surface area contributed by atoms with Gasteiger partial charge in [-0.2, -0.15) is 11.8 Å². The fourth-order valence-electron chi connectivity index (χ4n) is 2.68. The van der Waals surface area contributed by atoms with Crippen molar-refractivity contribution in [1.29, 1.82) is 0 Å². The summed E-state index contributed by atoms with van der Waals surface area (Å²) in [6, 6.07) is 0.122. The van der Waals surface area contributed by atoms with Gasteiger partial charge in [-0.15, -0.1) is 0 Å². The van der Waals surface area contributed by atoms with Crippen molar-refractivity contribution in [3.8, 4) is 0 Å². The Morgan fingerprint density at radius 1 is 1.37 bits per heavy atom. The average molecular weight is 287 g/mol. The standard InChI is InChI=1S/C14H25NO3S/c1-4-19-6-5-10(3)15-13(16)11-7-9(2)8-12(11)14(17)18/h9-12H,4-8H2,1-3H3,(H,15,16)(H,17,18). The Balaban J connectivity index is 2.45. The maximum Gasteiger partial charge on any atom is 0.307 e. The number of aliphatic carboxylic acids is 1. The zero-order chi connectivity index (χ0) is 14.4. The Morgan fingerprint density at radius 3 is 2.58 bits per heavy atom. The van der Waals surface area contributed by atoms with Gasteiger partial charge in [-0.05, 0) is 43.6 Å². The number of carboxylic acids is 1. The highest BCUT2D eigenvalue weighted by Gasteiger charge is 2.41. The second-order valence-corrected chi connectivity index (χ2v) is 6.92. The van der Waals surface area contributed by atoms with Crippen LogP contribution in [0.1, 0.15) is 40.0 Å². The van der Waals surface area contributed by atoms with Crippen LogP contribution >= 0.6 is 11.8 Å². The van der Waals surface area contributed by atoms with Crippen LogP contribution in [0.4, 0.5) is 0 Å². The van der Waals surface area contributed by atoms with Gasteiger partial charge in [0.2, 0.25) is 5.91 Å². The predicted molar refractivity (Wildman–Crippen MR) is 78.2 cm³/mol. The lowest BCUT2D eigenvalue weighted by Gasteiger charge is -2.19. The summed E-state index contributed by atoms with van der Waals surface area (Å²) in [7, 11) is 0. The van der Waals surface area contributed by atoms with Gasteiger partial charge in [-0.3, -0.25) is 9.59 Å². The van der Waals surface area contributed by atoms with Crippen molar-refractivity contribution < 1.29 is 14.7 Å². The van der Waals surface area contributed by atoms with Crippen molar-refractivity contribution >= 4 is 23.6 Å². The van der Waals surface area contributed by atoms with E-state index in [1.54, 1.807) is 0 Å². The van der Waals surface area contributed by atoms with Gasteiger partial charge < -0.3 is 10.4 Å². The summed E-state index contributed by atoms with van der Waals surface area (Å²) in [5.41, 5.74) is 0. The first-order valence-corrected chi connectivity index (χ1v) is 8.22. The van der Waals surface area contributed by atoms with E-state index >= 15 is 0 Å². The summed E-state index contributed by atoms with van der Waals surface area (Å²) in [6.45, 7) is 6.12. The lowest BCUT2D eigenvalue weighted by Crippen LogP contribution is -2.40. The van der Waals surface area contributed by atoms with Crippen LogP contribution in [0.25, 0.3) is 0 Å². The Morgan fingerprint density at radius 2 is 2.00 bits per heavy atom. The molecule has 0 radical (unpaired) electrons. The Hall–Kier alpha value is -0.710. The molecule has 4 unspecified atom stereocenters. The van der Waals surface area contributed by atoms with Gasteiger partial charge in [0, 0.05) is 6.04 Å². The quantitative estimate of drug-likeness (QED) is 0.706. The fraction of sp³-hybridized carbons (Fsp3) is 0.857. The molecule has 1 aliphatic rings. The van der Waals surface area contributed by atoms with E-state index in [0.29, 0.717) is 18.8 Å². The molecule has 110 valence electrons. The Bertz CT molecular complexity index is 322. The molecule has 0 aromatic rings. The third kappa shape index (κ3) is 5.05. The minimum absolute atomic E-state index is 0.0780. The normalized spacial score (nSPS) is 28.1. The highest BCUT2D eigenvalue weighted by atomic mass is 32.2. The lowest BCUT2D eigenvalue weighted by atomic mass is 9.95. The fourth-order valence-corrected chi connectivity index (χ4v) is 3.49. The highest BCUT2D eigenvalue weighted by Crippen LogP contribution is 2.36. The maximum atomic E-state index is 12.2. The minimum atomic E-state index is -0.835. The van der Waals surface area contributed by atoms with Crippen LogP contribution in [0.15, 0.2) is 0 Å². The molecule has 0 spiro atoms. The Labute approximate surface area is 119 Å². The van der Waals surface area contributed by atoms with Crippen molar-refractivity contribution in [3.05, 3.63) is 0 Å². The van der Waals surface area contributed by atoms with E-state index in [0.717, 1.165) is 17.9 Å². The molecular formula is C14H25NO3S. The van der Waals surface area contributed by atoms with Crippen molar-refractivity contribution in [1.82, 2.24) is 5.32 Å². The molecule has 1 rings (SSSR count). The van der Waals surface area contributed by atoms with Gasteiger partial charge in [0.15, 0.2) is 0 Å². The van der Waals surface area contributed by atoms with Crippen LogP contribution in [-0.4, -0.2) is 34.5 Å². The van der Waals surface area contributed by atoms with Gasteiger partial charge in [-0.1, -0.05) is 13.8 Å². The molecule has 0 heterocycles. The van der Waals surface area contributed by atoms with E-state index < -0.39 is 11.9 Å². The zero-order valence-electron chi connectivity index (χ0n) is 12.0. The molecule has 0 bridgehead atoms. The molecule has 19 heavy (non-hydrogen) atoms. The van der Waals surface area contributed by atoms with Crippen molar-refractivity contribution in [2.75, 3.05) is 11.5 Å². The zero-order valence-corrected chi connectivity index (χ0v) is 12.8. The highest BCUT2D eigenvalue weighted by molar-refractivity contribution is 7.99.